The molecular weight excluding hydrogens is 264 g/mol. The van der Waals surface area contributed by atoms with Crippen molar-refractivity contribution >= 4 is 11.6 Å². The number of anilines is 2. The van der Waals surface area contributed by atoms with Gasteiger partial charge in [0.15, 0.2) is 0 Å². The van der Waals surface area contributed by atoms with Crippen molar-refractivity contribution in [3.63, 3.8) is 0 Å². The van der Waals surface area contributed by atoms with E-state index in [1.54, 1.807) is 0 Å². The van der Waals surface area contributed by atoms with E-state index in [0.29, 0.717) is 6.04 Å². The first kappa shape index (κ1) is 16.0. The van der Waals surface area contributed by atoms with E-state index in [1.165, 1.54) is 0 Å². The van der Waals surface area contributed by atoms with E-state index in [0.717, 1.165) is 56.2 Å². The van der Waals surface area contributed by atoms with Gasteiger partial charge in [0.2, 0.25) is 0 Å². The molecule has 2 rings (SSSR count). The molecule has 0 bridgehead atoms. The van der Waals surface area contributed by atoms with Gasteiger partial charge in [-0.3, -0.25) is 0 Å². The van der Waals surface area contributed by atoms with E-state index < -0.39 is 0 Å². The van der Waals surface area contributed by atoms with Crippen LogP contribution in [0.15, 0.2) is 6.07 Å². The third-order valence-electron chi connectivity index (χ3n) is 4.48. The third kappa shape index (κ3) is 3.84. The summed E-state index contributed by atoms with van der Waals surface area (Å²) < 4.78 is 6.04. The van der Waals surface area contributed by atoms with Crippen LogP contribution in [0.2, 0.25) is 0 Å². The second-order valence-electron chi connectivity index (χ2n) is 5.73. The van der Waals surface area contributed by atoms with Gasteiger partial charge >= 0.3 is 0 Å². The van der Waals surface area contributed by atoms with Crippen molar-refractivity contribution in [1.29, 1.82) is 0 Å². The molecule has 2 N–H and O–H groups in total. The van der Waals surface area contributed by atoms with Gasteiger partial charge in [0.25, 0.3) is 0 Å². The second kappa shape index (κ2) is 7.07. The molecule has 1 fully saturated rings. The van der Waals surface area contributed by atoms with Crippen molar-refractivity contribution in [3.8, 4) is 0 Å². The summed E-state index contributed by atoms with van der Waals surface area (Å²) in [5.41, 5.74) is 0.0301. The van der Waals surface area contributed by atoms with Crippen molar-refractivity contribution in [2.45, 2.75) is 64.5 Å². The zero-order chi connectivity index (χ0) is 15.3. The number of nitrogens with one attached hydrogen (secondary N) is 2. The molecule has 5 heteroatoms. The molecule has 5 nitrogen and oxygen atoms in total. The molecule has 1 atom stereocenters. The fourth-order valence-corrected chi connectivity index (χ4v) is 2.96. The Morgan fingerprint density at radius 3 is 2.57 bits per heavy atom. The van der Waals surface area contributed by atoms with Crippen LogP contribution in [0.25, 0.3) is 0 Å². The lowest BCUT2D eigenvalue weighted by molar-refractivity contribution is -0.0864. The predicted molar refractivity (Wildman–Crippen MR) is 86.9 cm³/mol. The van der Waals surface area contributed by atoms with Crippen LogP contribution >= 0.6 is 0 Å². The van der Waals surface area contributed by atoms with Gasteiger partial charge < -0.3 is 15.4 Å². The van der Waals surface area contributed by atoms with Gasteiger partial charge in [0, 0.05) is 32.2 Å². The quantitative estimate of drug-likeness (QED) is 0.843. The van der Waals surface area contributed by atoms with E-state index in [-0.39, 0.29) is 5.60 Å². The molecule has 118 valence electrons. The Labute approximate surface area is 127 Å². The van der Waals surface area contributed by atoms with Gasteiger partial charge in [-0.25, -0.2) is 9.97 Å². The van der Waals surface area contributed by atoms with E-state index in [2.05, 4.69) is 41.4 Å². The highest BCUT2D eigenvalue weighted by Gasteiger charge is 2.34. The normalized spacial score (nSPS) is 21.0. The van der Waals surface area contributed by atoms with Gasteiger partial charge in [-0.2, -0.15) is 0 Å². The molecule has 2 heterocycles. The van der Waals surface area contributed by atoms with E-state index in [4.69, 9.17) is 4.74 Å². The molecule has 1 aromatic heterocycles. The van der Waals surface area contributed by atoms with Crippen LogP contribution in [0.4, 0.5) is 11.6 Å². The second-order valence-corrected chi connectivity index (χ2v) is 5.73. The van der Waals surface area contributed by atoms with E-state index >= 15 is 0 Å². The van der Waals surface area contributed by atoms with E-state index in [1.807, 2.05) is 13.1 Å². The predicted octanol–water partition coefficient (Wildman–Crippen LogP) is 3.23. The van der Waals surface area contributed by atoms with Gasteiger partial charge in [-0.1, -0.05) is 20.8 Å². The summed E-state index contributed by atoms with van der Waals surface area (Å²) in [5, 5.41) is 6.68. The average molecular weight is 292 g/mol. The van der Waals surface area contributed by atoms with Gasteiger partial charge in [-0.05, 0) is 25.7 Å². The number of rotatable bonds is 6. The SMILES string of the molecule is CCc1nc(NC)cc(NC2CCOC(CC)(CC)C2)n1. The summed E-state index contributed by atoms with van der Waals surface area (Å²) in [4.78, 5) is 9.03. The minimum absolute atomic E-state index is 0.0301. The lowest BCUT2D eigenvalue weighted by atomic mass is 9.86. The molecule has 1 aliphatic heterocycles. The maximum absolute atomic E-state index is 6.04. The molecule has 0 amide bonds. The van der Waals surface area contributed by atoms with Crippen LogP contribution in [0.1, 0.15) is 52.3 Å². The smallest absolute Gasteiger partial charge is 0.132 e. The summed E-state index contributed by atoms with van der Waals surface area (Å²) in [6, 6.07) is 2.40. The number of aromatic nitrogens is 2. The molecule has 1 unspecified atom stereocenters. The minimum Gasteiger partial charge on any atom is -0.375 e. The molecule has 0 aromatic carbocycles. The Morgan fingerprint density at radius 1 is 1.24 bits per heavy atom. The van der Waals surface area contributed by atoms with Crippen molar-refractivity contribution < 1.29 is 4.74 Å². The average Bonchev–Trinajstić information content (AvgIpc) is 2.54. The van der Waals surface area contributed by atoms with Crippen LogP contribution in [0.5, 0.6) is 0 Å². The maximum Gasteiger partial charge on any atom is 0.132 e. The van der Waals surface area contributed by atoms with Crippen molar-refractivity contribution in [2.75, 3.05) is 24.3 Å². The molecule has 0 saturated carbocycles. The van der Waals surface area contributed by atoms with Crippen molar-refractivity contribution in [1.82, 2.24) is 9.97 Å². The molecule has 0 spiro atoms. The van der Waals surface area contributed by atoms with Crippen LogP contribution in [-0.2, 0) is 11.2 Å². The zero-order valence-electron chi connectivity index (χ0n) is 13.7. The molecule has 0 radical (unpaired) electrons. The standard InChI is InChI=1S/C16H28N4O/c1-5-13-19-14(17-4)10-15(20-13)18-12-8-9-21-16(6-2,7-3)11-12/h10,12H,5-9,11H2,1-4H3,(H2,17,18,19,20). The third-order valence-corrected chi connectivity index (χ3v) is 4.48. The van der Waals surface area contributed by atoms with Crippen LogP contribution in [-0.4, -0.2) is 35.3 Å². The molecule has 1 aromatic rings. The fourth-order valence-electron chi connectivity index (χ4n) is 2.96. The summed E-state index contributed by atoms with van der Waals surface area (Å²) in [6.45, 7) is 7.33. The Morgan fingerprint density at radius 2 is 1.95 bits per heavy atom. The number of hydrogen-bond donors (Lipinski definition) is 2. The Hall–Kier alpha value is -1.36. The molecule has 0 aliphatic carbocycles. The molecule has 1 aliphatic rings. The fraction of sp³-hybridized carbons (Fsp3) is 0.750. The lowest BCUT2D eigenvalue weighted by Gasteiger charge is -2.40. The first-order valence-electron chi connectivity index (χ1n) is 8.11. The molecule has 21 heavy (non-hydrogen) atoms. The highest BCUT2D eigenvalue weighted by Crippen LogP contribution is 2.32. The van der Waals surface area contributed by atoms with Crippen molar-refractivity contribution in [3.05, 3.63) is 11.9 Å². The number of nitrogens with zero attached hydrogens (tertiary/aromatic N) is 2. The zero-order valence-corrected chi connectivity index (χ0v) is 13.7. The number of ether oxygens (including phenoxy) is 1. The summed E-state index contributed by atoms with van der Waals surface area (Å²) in [5.74, 6) is 2.65. The minimum atomic E-state index is 0.0301. The van der Waals surface area contributed by atoms with E-state index in [9.17, 15) is 0 Å². The van der Waals surface area contributed by atoms with Crippen LogP contribution in [0.3, 0.4) is 0 Å². The number of aryl methyl sites for hydroxylation is 1. The van der Waals surface area contributed by atoms with Crippen LogP contribution < -0.4 is 10.6 Å². The first-order chi connectivity index (χ1) is 10.1. The summed E-state index contributed by atoms with van der Waals surface area (Å²) in [7, 11) is 1.89. The summed E-state index contributed by atoms with van der Waals surface area (Å²) in [6.07, 6.45) is 5.04. The Kier molecular flexibility index (Phi) is 5.39. The molecule has 1 saturated heterocycles. The molecular formula is C16H28N4O. The topological polar surface area (TPSA) is 59.1 Å². The lowest BCUT2D eigenvalue weighted by Crippen LogP contribution is -2.43. The summed E-state index contributed by atoms with van der Waals surface area (Å²) >= 11 is 0. The first-order valence-corrected chi connectivity index (χ1v) is 8.11. The Bertz CT molecular complexity index is 437. The largest absolute Gasteiger partial charge is 0.375 e. The maximum atomic E-state index is 6.04. The highest BCUT2D eigenvalue weighted by molar-refractivity contribution is 5.47. The van der Waals surface area contributed by atoms with Gasteiger partial charge in [0.1, 0.15) is 17.5 Å². The monoisotopic (exact) mass is 292 g/mol. The van der Waals surface area contributed by atoms with Crippen LogP contribution in [0, 0.1) is 0 Å². The number of hydrogen-bond acceptors (Lipinski definition) is 5. The highest BCUT2D eigenvalue weighted by atomic mass is 16.5. The van der Waals surface area contributed by atoms with Gasteiger partial charge in [-0.15, -0.1) is 0 Å². The van der Waals surface area contributed by atoms with Crippen molar-refractivity contribution in [2.24, 2.45) is 0 Å². The Balaban J connectivity index is 2.10. The van der Waals surface area contributed by atoms with Gasteiger partial charge in [0.05, 0.1) is 5.60 Å².